The fraction of sp³-hybridized carbons (Fsp3) is 0.429. The summed E-state index contributed by atoms with van der Waals surface area (Å²) in [6.45, 7) is 1.84. The Hall–Kier alpha value is -1.31. The number of nitrogens with one attached hydrogen (secondary N) is 2. The van der Waals surface area contributed by atoms with Gasteiger partial charge in [-0.15, -0.1) is 12.4 Å². The largest absolute Gasteiger partial charge is 0.334 e. The number of hydrogen-bond acceptors (Lipinski definition) is 4. The molecule has 2 saturated heterocycles. The molecule has 0 aromatic heterocycles. The maximum atomic E-state index is 13.4. The number of nitrogens with zero attached hydrogens (tertiary/aromatic N) is 1. The highest BCUT2D eigenvalue weighted by molar-refractivity contribution is 8.14. The van der Waals surface area contributed by atoms with Crippen LogP contribution in [0.25, 0.3) is 0 Å². The van der Waals surface area contributed by atoms with Crippen molar-refractivity contribution in [3.63, 3.8) is 0 Å². The molecule has 2 atom stereocenters. The zero-order chi connectivity index (χ0) is 14.8. The Morgan fingerprint density at radius 2 is 2.23 bits per heavy atom. The summed E-state index contributed by atoms with van der Waals surface area (Å²) < 4.78 is 13.4. The number of thioether (sulfide) groups is 1. The number of hydrogen-bond donors (Lipinski definition) is 2. The molecule has 2 N–H and O–H groups in total. The van der Waals surface area contributed by atoms with Crippen LogP contribution in [-0.2, 0) is 4.79 Å². The van der Waals surface area contributed by atoms with Crippen LogP contribution in [-0.4, -0.2) is 47.5 Å². The average Bonchev–Trinajstić information content (AvgIpc) is 2.93. The highest BCUT2D eigenvalue weighted by Crippen LogP contribution is 2.25. The monoisotopic (exact) mass is 345 g/mol. The SMILES string of the molecule is Cl.O=C1N[C@H](C(=O)N2CCNCC2c2cccc(F)c2)CS1. The zero-order valence-electron chi connectivity index (χ0n) is 11.8. The standard InChI is InChI=1S/C14H16FN3O2S.ClH/c15-10-3-1-2-9(6-10)12-7-16-4-5-18(12)13(19)11-8-21-14(20)17-11;/h1-3,6,11-12,16H,4-5,7-8H2,(H,17,20);1H/t11-,12?;/m0./s1. The lowest BCUT2D eigenvalue weighted by atomic mass is 10.0. The summed E-state index contributed by atoms with van der Waals surface area (Å²) in [7, 11) is 0. The molecule has 120 valence electrons. The second-order valence-corrected chi connectivity index (χ2v) is 6.09. The molecule has 1 aromatic rings. The second-order valence-electron chi connectivity index (χ2n) is 5.10. The third kappa shape index (κ3) is 3.53. The Morgan fingerprint density at radius 3 is 2.91 bits per heavy atom. The molecule has 3 rings (SSSR count). The van der Waals surface area contributed by atoms with Gasteiger partial charge in [-0.25, -0.2) is 4.39 Å². The third-order valence-electron chi connectivity index (χ3n) is 3.73. The van der Waals surface area contributed by atoms with Crippen molar-refractivity contribution in [3.8, 4) is 0 Å². The molecule has 0 spiro atoms. The summed E-state index contributed by atoms with van der Waals surface area (Å²) in [4.78, 5) is 25.6. The highest BCUT2D eigenvalue weighted by Gasteiger charge is 2.36. The Morgan fingerprint density at radius 1 is 1.41 bits per heavy atom. The van der Waals surface area contributed by atoms with E-state index in [2.05, 4.69) is 10.6 Å². The molecule has 2 aliphatic heterocycles. The van der Waals surface area contributed by atoms with E-state index in [1.807, 2.05) is 6.07 Å². The summed E-state index contributed by atoms with van der Waals surface area (Å²) in [5.74, 6) is 0.0524. The first-order valence-electron chi connectivity index (χ1n) is 6.85. The van der Waals surface area contributed by atoms with Crippen molar-refractivity contribution in [2.45, 2.75) is 12.1 Å². The summed E-state index contributed by atoms with van der Waals surface area (Å²) in [5.41, 5.74) is 0.771. The van der Waals surface area contributed by atoms with Crippen molar-refractivity contribution in [1.29, 1.82) is 0 Å². The molecular formula is C14H17ClFN3O2S. The maximum absolute atomic E-state index is 13.4. The fourth-order valence-corrected chi connectivity index (χ4v) is 3.47. The number of halogens is 2. The Kier molecular flexibility index (Phi) is 5.66. The third-order valence-corrected chi connectivity index (χ3v) is 4.61. The van der Waals surface area contributed by atoms with Crippen molar-refractivity contribution in [2.75, 3.05) is 25.4 Å². The predicted molar refractivity (Wildman–Crippen MR) is 85.7 cm³/mol. The first-order chi connectivity index (χ1) is 10.1. The van der Waals surface area contributed by atoms with Crippen molar-refractivity contribution in [3.05, 3.63) is 35.6 Å². The number of amides is 2. The molecule has 0 bridgehead atoms. The zero-order valence-corrected chi connectivity index (χ0v) is 13.4. The minimum Gasteiger partial charge on any atom is -0.334 e. The molecule has 22 heavy (non-hydrogen) atoms. The molecule has 2 heterocycles. The maximum Gasteiger partial charge on any atom is 0.279 e. The summed E-state index contributed by atoms with van der Waals surface area (Å²) in [6.07, 6.45) is 0. The van der Waals surface area contributed by atoms with Crippen LogP contribution in [0.1, 0.15) is 11.6 Å². The van der Waals surface area contributed by atoms with Gasteiger partial charge in [0.25, 0.3) is 5.24 Å². The van der Waals surface area contributed by atoms with Crippen LogP contribution in [0.2, 0.25) is 0 Å². The van der Waals surface area contributed by atoms with Crippen LogP contribution in [0.15, 0.2) is 24.3 Å². The fourth-order valence-electron chi connectivity index (χ4n) is 2.70. The lowest BCUT2D eigenvalue weighted by Gasteiger charge is -2.37. The first-order valence-corrected chi connectivity index (χ1v) is 7.83. The molecule has 1 aromatic carbocycles. The highest BCUT2D eigenvalue weighted by atomic mass is 35.5. The number of piperazine rings is 1. The quantitative estimate of drug-likeness (QED) is 0.853. The Balaban J connectivity index is 0.00000176. The van der Waals surface area contributed by atoms with Gasteiger partial charge in [0.05, 0.1) is 6.04 Å². The van der Waals surface area contributed by atoms with Crippen LogP contribution >= 0.6 is 24.2 Å². The number of rotatable bonds is 2. The van der Waals surface area contributed by atoms with Crippen LogP contribution in [0.4, 0.5) is 9.18 Å². The van der Waals surface area contributed by atoms with Gasteiger partial charge in [-0.1, -0.05) is 23.9 Å². The van der Waals surface area contributed by atoms with Crippen LogP contribution in [0, 0.1) is 5.82 Å². The van der Waals surface area contributed by atoms with Gasteiger partial charge in [0.1, 0.15) is 11.9 Å². The molecule has 8 heteroatoms. The lowest BCUT2D eigenvalue weighted by molar-refractivity contribution is -0.135. The summed E-state index contributed by atoms with van der Waals surface area (Å²) in [5, 5.41) is 5.74. The first kappa shape index (κ1) is 17.1. The average molecular weight is 346 g/mol. The van der Waals surface area contributed by atoms with E-state index in [9.17, 15) is 14.0 Å². The molecule has 2 amide bonds. The van der Waals surface area contributed by atoms with Crippen molar-refractivity contribution in [2.24, 2.45) is 0 Å². The van der Waals surface area contributed by atoms with Gasteiger partial charge in [0.2, 0.25) is 5.91 Å². The van der Waals surface area contributed by atoms with Gasteiger partial charge in [-0.3, -0.25) is 9.59 Å². The van der Waals surface area contributed by atoms with Gasteiger partial charge < -0.3 is 15.5 Å². The molecule has 0 saturated carbocycles. The normalized spacial score (nSPS) is 24.6. The number of carbonyl (C=O) groups excluding carboxylic acids is 2. The van der Waals surface area contributed by atoms with Crippen LogP contribution in [0.5, 0.6) is 0 Å². The minimum atomic E-state index is -0.475. The van der Waals surface area contributed by atoms with Gasteiger partial charge in [0.15, 0.2) is 0 Å². The lowest BCUT2D eigenvalue weighted by Crippen LogP contribution is -2.54. The molecule has 0 radical (unpaired) electrons. The second kappa shape index (κ2) is 7.30. The van der Waals surface area contributed by atoms with E-state index in [1.165, 1.54) is 12.1 Å². The number of benzene rings is 1. The van der Waals surface area contributed by atoms with Gasteiger partial charge in [-0.05, 0) is 17.7 Å². The number of carbonyl (C=O) groups is 2. The van der Waals surface area contributed by atoms with Gasteiger partial charge in [0, 0.05) is 25.4 Å². The smallest absolute Gasteiger partial charge is 0.279 e. The molecule has 2 aliphatic rings. The van der Waals surface area contributed by atoms with Crippen LogP contribution < -0.4 is 10.6 Å². The Bertz CT molecular complexity index is 575. The summed E-state index contributed by atoms with van der Waals surface area (Å²) >= 11 is 1.12. The van der Waals surface area contributed by atoms with E-state index in [0.717, 1.165) is 17.3 Å². The molecule has 5 nitrogen and oxygen atoms in total. The van der Waals surface area contributed by atoms with E-state index in [0.29, 0.717) is 25.4 Å². The molecular weight excluding hydrogens is 329 g/mol. The van der Waals surface area contributed by atoms with Gasteiger partial charge >= 0.3 is 0 Å². The van der Waals surface area contributed by atoms with E-state index in [1.54, 1.807) is 11.0 Å². The minimum absolute atomic E-state index is 0. The van der Waals surface area contributed by atoms with Gasteiger partial charge in [-0.2, -0.15) is 0 Å². The van der Waals surface area contributed by atoms with E-state index < -0.39 is 6.04 Å². The topological polar surface area (TPSA) is 61.4 Å². The van der Waals surface area contributed by atoms with Crippen LogP contribution in [0.3, 0.4) is 0 Å². The summed E-state index contributed by atoms with van der Waals surface area (Å²) in [6, 6.07) is 5.64. The molecule has 2 fully saturated rings. The predicted octanol–water partition coefficient (Wildman–Crippen LogP) is 1.55. The molecule has 0 aliphatic carbocycles. The molecule has 1 unspecified atom stereocenters. The van der Waals surface area contributed by atoms with Crippen molar-refractivity contribution in [1.82, 2.24) is 15.5 Å². The van der Waals surface area contributed by atoms with E-state index >= 15 is 0 Å². The Labute approximate surface area is 138 Å². The van der Waals surface area contributed by atoms with Crippen molar-refractivity contribution < 1.29 is 14.0 Å². The van der Waals surface area contributed by atoms with E-state index in [4.69, 9.17) is 0 Å². The van der Waals surface area contributed by atoms with E-state index in [-0.39, 0.29) is 35.4 Å². The van der Waals surface area contributed by atoms with Crippen molar-refractivity contribution >= 4 is 35.3 Å².